The average molecular weight is 486 g/mol. The largest absolute Gasteiger partial charge is 0.309 e. The molecule has 5 rings (SSSR count). The Balaban J connectivity index is 1.12. The number of amides is 1. The van der Waals surface area contributed by atoms with Crippen molar-refractivity contribution in [2.45, 2.75) is 36.7 Å². The van der Waals surface area contributed by atoms with Gasteiger partial charge in [0.25, 0.3) is 0 Å². The summed E-state index contributed by atoms with van der Waals surface area (Å²) in [6.07, 6.45) is 4.53. The maximum atomic E-state index is 13.8. The average Bonchev–Trinajstić information content (AvgIpc) is 2.82. The molecule has 1 amide bonds. The van der Waals surface area contributed by atoms with E-state index >= 15 is 0 Å². The quantitative estimate of drug-likeness (QED) is 0.543. The van der Waals surface area contributed by atoms with E-state index in [0.29, 0.717) is 29.2 Å². The van der Waals surface area contributed by atoms with Crippen LogP contribution in [-0.2, 0) is 17.8 Å². The summed E-state index contributed by atoms with van der Waals surface area (Å²) in [7, 11) is 0. The van der Waals surface area contributed by atoms with E-state index in [1.54, 1.807) is 12.3 Å². The summed E-state index contributed by atoms with van der Waals surface area (Å²) in [5.41, 5.74) is 2.67. The summed E-state index contributed by atoms with van der Waals surface area (Å²) in [5, 5.41) is 7.85. The zero-order valence-corrected chi connectivity index (χ0v) is 19.7. The lowest BCUT2D eigenvalue weighted by atomic mass is 10.0. The van der Waals surface area contributed by atoms with Crippen molar-refractivity contribution in [3.63, 3.8) is 0 Å². The second-order valence-corrected chi connectivity index (χ2v) is 9.90. The van der Waals surface area contributed by atoms with E-state index in [1.807, 2.05) is 12.1 Å². The number of carbonyl (C=O) groups excluding carboxylic acids is 1. The van der Waals surface area contributed by atoms with Crippen LogP contribution in [0.3, 0.4) is 0 Å². The third kappa shape index (κ3) is 5.30. The van der Waals surface area contributed by atoms with Gasteiger partial charge in [-0.1, -0.05) is 11.6 Å². The first-order chi connectivity index (χ1) is 16.0. The molecule has 0 radical (unpaired) electrons. The molecule has 6 nitrogen and oxygen atoms in total. The molecule has 4 heterocycles. The van der Waals surface area contributed by atoms with Crippen molar-refractivity contribution in [1.82, 2.24) is 20.2 Å². The van der Waals surface area contributed by atoms with E-state index in [0.717, 1.165) is 66.0 Å². The molecule has 0 atom stereocenters. The third-order valence-electron chi connectivity index (χ3n) is 6.26. The van der Waals surface area contributed by atoms with Crippen LogP contribution < -0.4 is 10.6 Å². The molecule has 0 spiro atoms. The molecule has 0 aliphatic carbocycles. The number of thioether (sulfide) groups is 1. The van der Waals surface area contributed by atoms with Gasteiger partial charge in [-0.15, -0.1) is 11.8 Å². The Morgan fingerprint density at radius 1 is 1.24 bits per heavy atom. The standard InChI is InChI=1S/C24H25ClFN5OS/c25-20-13-28-21-3-1-15(26)11-19(21)18(20)7-10-31-8-5-16(6-9-31)27-12-17-2-4-22-24(29-17)30-23(32)14-33-22/h1-4,11,13,16,27H,5-10,12,14H2,(H,29,30,32). The van der Waals surface area contributed by atoms with Gasteiger partial charge >= 0.3 is 0 Å². The number of anilines is 1. The van der Waals surface area contributed by atoms with Gasteiger partial charge in [0.05, 0.1) is 26.9 Å². The second kappa shape index (κ2) is 9.93. The fraction of sp³-hybridized carbons (Fsp3) is 0.375. The summed E-state index contributed by atoms with van der Waals surface area (Å²) < 4.78 is 13.8. The maximum absolute atomic E-state index is 13.8. The van der Waals surface area contributed by atoms with Gasteiger partial charge in [0.15, 0.2) is 0 Å². The van der Waals surface area contributed by atoms with Crippen molar-refractivity contribution < 1.29 is 9.18 Å². The van der Waals surface area contributed by atoms with Crippen molar-refractivity contribution in [3.8, 4) is 0 Å². The van der Waals surface area contributed by atoms with Crippen molar-refractivity contribution in [2.24, 2.45) is 0 Å². The van der Waals surface area contributed by atoms with Gasteiger partial charge in [0.1, 0.15) is 11.6 Å². The number of nitrogens with one attached hydrogen (secondary N) is 2. The highest BCUT2D eigenvalue weighted by Crippen LogP contribution is 2.30. The topological polar surface area (TPSA) is 70.2 Å². The summed E-state index contributed by atoms with van der Waals surface area (Å²) in [6.45, 7) is 3.56. The lowest BCUT2D eigenvalue weighted by Crippen LogP contribution is -2.43. The van der Waals surface area contributed by atoms with Crippen molar-refractivity contribution in [3.05, 3.63) is 58.6 Å². The lowest BCUT2D eigenvalue weighted by molar-refractivity contribution is -0.113. The first-order valence-corrected chi connectivity index (χ1v) is 12.5. The second-order valence-electron chi connectivity index (χ2n) is 8.48. The van der Waals surface area contributed by atoms with Crippen molar-refractivity contribution in [2.75, 3.05) is 30.7 Å². The minimum Gasteiger partial charge on any atom is -0.309 e. The molecule has 9 heteroatoms. The number of rotatable bonds is 6. The van der Waals surface area contributed by atoms with Gasteiger partial charge in [-0.05, 0) is 68.2 Å². The van der Waals surface area contributed by atoms with Crippen LogP contribution in [-0.4, -0.2) is 52.2 Å². The summed E-state index contributed by atoms with van der Waals surface area (Å²) >= 11 is 7.93. The van der Waals surface area contributed by atoms with Crippen LogP contribution in [0.25, 0.3) is 10.9 Å². The van der Waals surface area contributed by atoms with E-state index < -0.39 is 0 Å². The summed E-state index contributed by atoms with van der Waals surface area (Å²) in [6, 6.07) is 9.15. The molecular weight excluding hydrogens is 461 g/mol. The molecule has 2 aromatic heterocycles. The number of hydrogen-bond acceptors (Lipinski definition) is 6. The number of aromatic nitrogens is 2. The van der Waals surface area contributed by atoms with Gasteiger partial charge in [-0.2, -0.15) is 0 Å². The number of likely N-dealkylation sites (tertiary alicyclic amines) is 1. The number of halogens is 2. The van der Waals surface area contributed by atoms with E-state index in [2.05, 4.69) is 25.5 Å². The molecule has 2 N–H and O–H groups in total. The van der Waals surface area contributed by atoms with E-state index in [-0.39, 0.29) is 11.7 Å². The molecule has 33 heavy (non-hydrogen) atoms. The number of pyridine rings is 2. The minimum absolute atomic E-state index is 0.00339. The number of carbonyl (C=O) groups is 1. The number of nitrogens with zero attached hydrogens (tertiary/aromatic N) is 3. The minimum atomic E-state index is -0.269. The zero-order chi connectivity index (χ0) is 22.8. The Morgan fingerprint density at radius 2 is 2.09 bits per heavy atom. The normalized spacial score (nSPS) is 17.2. The smallest absolute Gasteiger partial charge is 0.235 e. The molecule has 172 valence electrons. The molecule has 0 bridgehead atoms. The van der Waals surface area contributed by atoms with Crippen LogP contribution in [0.15, 0.2) is 41.4 Å². The number of benzene rings is 1. The number of fused-ring (bicyclic) bond motifs is 2. The molecule has 1 saturated heterocycles. The lowest BCUT2D eigenvalue weighted by Gasteiger charge is -2.32. The zero-order valence-electron chi connectivity index (χ0n) is 18.1. The van der Waals surface area contributed by atoms with Crippen LogP contribution >= 0.6 is 23.4 Å². The van der Waals surface area contributed by atoms with Gasteiger partial charge in [0.2, 0.25) is 5.91 Å². The molecule has 1 aromatic carbocycles. The van der Waals surface area contributed by atoms with Crippen molar-refractivity contribution >= 4 is 46.0 Å². The van der Waals surface area contributed by atoms with Crippen LogP contribution in [0.5, 0.6) is 0 Å². The van der Waals surface area contributed by atoms with Crippen molar-refractivity contribution in [1.29, 1.82) is 0 Å². The third-order valence-corrected chi connectivity index (χ3v) is 7.63. The Labute approximate surface area is 201 Å². The highest BCUT2D eigenvalue weighted by molar-refractivity contribution is 8.00. The molecular formula is C24H25ClFN5OS. The fourth-order valence-electron chi connectivity index (χ4n) is 4.43. The van der Waals surface area contributed by atoms with Crippen LogP contribution in [0, 0.1) is 5.82 Å². The Morgan fingerprint density at radius 3 is 2.94 bits per heavy atom. The van der Waals surface area contributed by atoms with Crippen LogP contribution in [0.1, 0.15) is 24.1 Å². The van der Waals surface area contributed by atoms with E-state index in [1.165, 1.54) is 23.9 Å². The summed E-state index contributed by atoms with van der Waals surface area (Å²) in [4.78, 5) is 24.0. The molecule has 0 saturated carbocycles. The first kappa shape index (κ1) is 22.5. The summed E-state index contributed by atoms with van der Waals surface area (Å²) in [5.74, 6) is 0.858. The van der Waals surface area contributed by atoms with E-state index in [4.69, 9.17) is 11.6 Å². The van der Waals surface area contributed by atoms with Gasteiger partial charge in [-0.3, -0.25) is 9.78 Å². The maximum Gasteiger partial charge on any atom is 0.235 e. The highest BCUT2D eigenvalue weighted by atomic mass is 35.5. The van der Waals surface area contributed by atoms with Gasteiger partial charge in [0, 0.05) is 30.7 Å². The van der Waals surface area contributed by atoms with Crippen LogP contribution in [0.2, 0.25) is 5.02 Å². The highest BCUT2D eigenvalue weighted by Gasteiger charge is 2.21. The Hall–Kier alpha value is -2.26. The monoisotopic (exact) mass is 485 g/mol. The Bertz CT molecular complexity index is 1180. The van der Waals surface area contributed by atoms with E-state index in [9.17, 15) is 9.18 Å². The molecule has 2 aliphatic heterocycles. The molecule has 3 aromatic rings. The molecule has 1 fully saturated rings. The van der Waals surface area contributed by atoms with Crippen LogP contribution in [0.4, 0.5) is 10.2 Å². The number of hydrogen-bond donors (Lipinski definition) is 2. The molecule has 2 aliphatic rings. The molecule has 0 unspecified atom stereocenters. The van der Waals surface area contributed by atoms with Gasteiger partial charge < -0.3 is 15.5 Å². The predicted molar refractivity (Wildman–Crippen MR) is 130 cm³/mol. The van der Waals surface area contributed by atoms with Gasteiger partial charge in [-0.25, -0.2) is 9.37 Å². The number of piperidine rings is 1. The predicted octanol–water partition coefficient (Wildman–Crippen LogP) is 4.26. The SMILES string of the molecule is O=C1CSc2ccc(CNC3CCN(CCc4c(Cl)cnc5ccc(F)cc45)CC3)nc2N1. The fourth-order valence-corrected chi connectivity index (χ4v) is 5.43. The Kier molecular flexibility index (Phi) is 6.78. The first-order valence-electron chi connectivity index (χ1n) is 11.2.